The van der Waals surface area contributed by atoms with Crippen LogP contribution in [0.4, 0.5) is 15.8 Å². The van der Waals surface area contributed by atoms with E-state index in [1.54, 1.807) is 12.1 Å². The number of halogens is 1. The minimum Gasteiger partial charge on any atom is -0.382 e. The lowest BCUT2D eigenvalue weighted by Gasteiger charge is -2.36. The second kappa shape index (κ2) is 12.1. The fraction of sp³-hybridized carbons (Fsp3) is 0.458. The van der Waals surface area contributed by atoms with Crippen molar-refractivity contribution in [3.05, 3.63) is 58.8 Å². The molecule has 8 heteroatoms. The monoisotopic (exact) mass is 442 g/mol. The quantitative estimate of drug-likeness (QED) is 0.219. The van der Waals surface area contributed by atoms with Crippen LogP contribution in [0.2, 0.25) is 0 Å². The molecule has 3 rings (SSSR count). The van der Waals surface area contributed by atoms with Crippen LogP contribution in [0.3, 0.4) is 0 Å². The summed E-state index contributed by atoms with van der Waals surface area (Å²) in [5.41, 5.74) is 2.23. The summed E-state index contributed by atoms with van der Waals surface area (Å²) in [7, 11) is 0. The van der Waals surface area contributed by atoms with Crippen LogP contribution in [0.15, 0.2) is 47.8 Å². The molecular formula is C24H31FN4O3. The van der Waals surface area contributed by atoms with Crippen LogP contribution >= 0.6 is 0 Å². The maximum atomic E-state index is 13.1. The number of hydrogen-bond acceptors (Lipinski definition) is 7. The van der Waals surface area contributed by atoms with E-state index in [0.29, 0.717) is 11.3 Å². The lowest BCUT2D eigenvalue weighted by atomic mass is 10.1. The van der Waals surface area contributed by atoms with Gasteiger partial charge in [-0.25, -0.2) is 4.39 Å². The molecule has 0 amide bonds. The second-order valence-electron chi connectivity index (χ2n) is 8.08. The van der Waals surface area contributed by atoms with Crippen molar-refractivity contribution in [3.8, 4) is 5.75 Å². The fourth-order valence-corrected chi connectivity index (χ4v) is 3.92. The average molecular weight is 443 g/mol. The summed E-state index contributed by atoms with van der Waals surface area (Å²) in [4.78, 5) is 31.5. The molecule has 0 saturated carbocycles. The lowest BCUT2D eigenvalue weighted by Crippen LogP contribution is -2.46. The number of anilines is 2. The molecule has 1 fully saturated rings. The molecule has 0 unspecified atom stereocenters. The third-order valence-corrected chi connectivity index (χ3v) is 5.80. The van der Waals surface area contributed by atoms with Gasteiger partial charge in [0.1, 0.15) is 5.82 Å². The minimum atomic E-state index is -0.194. The van der Waals surface area contributed by atoms with Gasteiger partial charge in [-0.1, -0.05) is 12.8 Å². The van der Waals surface area contributed by atoms with Gasteiger partial charge in [0.05, 0.1) is 5.69 Å². The Balaban J connectivity index is 1.29. The molecule has 172 valence electrons. The van der Waals surface area contributed by atoms with Crippen molar-refractivity contribution in [2.24, 2.45) is 5.34 Å². The Hall–Kier alpha value is -3.00. The summed E-state index contributed by atoms with van der Waals surface area (Å²) < 4.78 is 13.1. The van der Waals surface area contributed by atoms with Crippen LogP contribution in [-0.4, -0.2) is 50.0 Å². The molecule has 0 radical (unpaired) electrons. The van der Waals surface area contributed by atoms with Gasteiger partial charge < -0.3 is 15.1 Å². The summed E-state index contributed by atoms with van der Waals surface area (Å²) in [6, 6.07) is 11.7. The van der Waals surface area contributed by atoms with Gasteiger partial charge in [0.15, 0.2) is 16.9 Å². The maximum Gasteiger partial charge on any atom is 0.185 e. The van der Waals surface area contributed by atoms with Gasteiger partial charge >= 0.3 is 0 Å². The van der Waals surface area contributed by atoms with Crippen molar-refractivity contribution < 1.29 is 14.0 Å². The number of Topliss-reactive ketones (excluding diaryl/α,β-unsaturated/α-hetero) is 1. The van der Waals surface area contributed by atoms with E-state index < -0.39 is 0 Å². The van der Waals surface area contributed by atoms with Crippen LogP contribution in [0.5, 0.6) is 5.75 Å². The first-order valence-corrected chi connectivity index (χ1v) is 11.2. The van der Waals surface area contributed by atoms with Crippen molar-refractivity contribution in [2.45, 2.75) is 32.6 Å². The van der Waals surface area contributed by atoms with Crippen molar-refractivity contribution in [1.82, 2.24) is 4.90 Å². The van der Waals surface area contributed by atoms with Crippen LogP contribution in [0.25, 0.3) is 0 Å². The maximum absolute atomic E-state index is 13.1. The summed E-state index contributed by atoms with van der Waals surface area (Å²) in [5.74, 6) is -0.0168. The highest BCUT2D eigenvalue weighted by atomic mass is 19.1. The van der Waals surface area contributed by atoms with Crippen molar-refractivity contribution in [3.63, 3.8) is 0 Å². The Labute approximate surface area is 188 Å². The summed E-state index contributed by atoms with van der Waals surface area (Å²) >= 11 is 0. The Kier molecular flexibility index (Phi) is 8.98. The SMILES string of the molecule is CC(=O)c1ccc(NCCCCCCN2CCN(c3ccc(F)cc3)CC2)c(ON=O)c1. The highest BCUT2D eigenvalue weighted by Gasteiger charge is 2.16. The predicted molar refractivity (Wildman–Crippen MR) is 125 cm³/mol. The molecule has 1 aliphatic rings. The van der Waals surface area contributed by atoms with Crippen LogP contribution in [-0.2, 0) is 0 Å². The average Bonchev–Trinajstić information content (AvgIpc) is 2.80. The molecule has 2 aromatic rings. The number of nitrogens with one attached hydrogen (secondary N) is 1. The molecule has 0 aliphatic carbocycles. The van der Waals surface area contributed by atoms with Gasteiger partial charge in [-0.2, -0.15) is 0 Å². The Bertz CT molecular complexity index is 883. The molecule has 0 aromatic heterocycles. The van der Waals surface area contributed by atoms with E-state index in [0.717, 1.165) is 70.6 Å². The van der Waals surface area contributed by atoms with Crippen molar-refractivity contribution >= 4 is 17.2 Å². The molecule has 2 aromatic carbocycles. The third kappa shape index (κ3) is 7.02. The summed E-state index contributed by atoms with van der Waals surface area (Å²) in [6.07, 6.45) is 4.42. The zero-order valence-corrected chi connectivity index (χ0v) is 18.6. The van der Waals surface area contributed by atoms with E-state index in [1.807, 2.05) is 12.1 Å². The Morgan fingerprint density at radius 1 is 1.03 bits per heavy atom. The van der Waals surface area contributed by atoms with Crippen molar-refractivity contribution in [1.29, 1.82) is 0 Å². The summed E-state index contributed by atoms with van der Waals surface area (Å²) in [5, 5.41) is 5.74. The Morgan fingerprint density at radius 3 is 2.44 bits per heavy atom. The second-order valence-corrected chi connectivity index (χ2v) is 8.08. The molecule has 1 heterocycles. The van der Waals surface area contributed by atoms with E-state index in [2.05, 4.69) is 20.5 Å². The molecule has 0 spiro atoms. The normalized spacial score (nSPS) is 14.2. The van der Waals surface area contributed by atoms with E-state index in [4.69, 9.17) is 4.84 Å². The number of piperazine rings is 1. The number of carbonyl (C=O) groups is 1. The number of benzene rings is 2. The molecule has 1 N–H and O–H groups in total. The standard InChI is InChI=1S/C24H31FN4O3/c1-19(30)20-6-11-23(24(18-20)32-27-31)26-12-4-2-3-5-13-28-14-16-29(17-15-28)22-9-7-21(25)8-10-22/h6-11,18,26H,2-5,12-17H2,1H3. The minimum absolute atomic E-state index is 0.0934. The molecule has 1 aliphatic heterocycles. The molecule has 0 bridgehead atoms. The highest BCUT2D eigenvalue weighted by Crippen LogP contribution is 2.26. The van der Waals surface area contributed by atoms with Gasteiger partial charge in [0.2, 0.25) is 0 Å². The number of hydrogen-bond donors (Lipinski definition) is 1. The zero-order chi connectivity index (χ0) is 22.8. The van der Waals surface area contributed by atoms with Gasteiger partial charge in [-0.15, -0.1) is 4.91 Å². The first-order chi connectivity index (χ1) is 15.6. The van der Waals surface area contributed by atoms with Gasteiger partial charge in [-0.3, -0.25) is 9.69 Å². The molecule has 1 saturated heterocycles. The molecule has 0 atom stereocenters. The highest BCUT2D eigenvalue weighted by molar-refractivity contribution is 5.95. The smallest absolute Gasteiger partial charge is 0.185 e. The fourth-order valence-electron chi connectivity index (χ4n) is 3.92. The van der Waals surface area contributed by atoms with Gasteiger partial charge in [0, 0.05) is 44.0 Å². The Morgan fingerprint density at radius 2 is 1.75 bits per heavy atom. The third-order valence-electron chi connectivity index (χ3n) is 5.80. The number of nitrogens with zero attached hydrogens (tertiary/aromatic N) is 3. The van der Waals surface area contributed by atoms with Gasteiger partial charge in [0.25, 0.3) is 0 Å². The topological polar surface area (TPSA) is 74.2 Å². The molecule has 7 nitrogen and oxygen atoms in total. The van der Waals surface area contributed by atoms with E-state index in [-0.39, 0.29) is 17.3 Å². The molecular weight excluding hydrogens is 411 g/mol. The number of rotatable bonds is 12. The van der Waals surface area contributed by atoms with Gasteiger partial charge in [-0.05, 0) is 68.8 Å². The zero-order valence-electron chi connectivity index (χ0n) is 18.6. The first kappa shape index (κ1) is 23.7. The largest absolute Gasteiger partial charge is 0.382 e. The number of ketones is 1. The van der Waals surface area contributed by atoms with Crippen LogP contribution in [0, 0.1) is 10.7 Å². The number of unbranched alkanes of at least 4 members (excludes halogenated alkanes) is 3. The molecule has 32 heavy (non-hydrogen) atoms. The van der Waals surface area contributed by atoms with E-state index >= 15 is 0 Å². The van der Waals surface area contributed by atoms with Crippen LogP contribution in [0.1, 0.15) is 43.0 Å². The first-order valence-electron chi connectivity index (χ1n) is 11.2. The van der Waals surface area contributed by atoms with E-state index in [9.17, 15) is 14.1 Å². The number of carbonyl (C=O) groups excluding carboxylic acids is 1. The summed E-state index contributed by atoms with van der Waals surface area (Å²) in [6.45, 7) is 7.32. The predicted octanol–water partition coefficient (Wildman–Crippen LogP) is 4.88. The van der Waals surface area contributed by atoms with Crippen LogP contribution < -0.4 is 15.1 Å². The van der Waals surface area contributed by atoms with Crippen molar-refractivity contribution in [2.75, 3.05) is 49.5 Å². The lowest BCUT2D eigenvalue weighted by molar-refractivity contribution is 0.101. The van der Waals surface area contributed by atoms with E-state index in [1.165, 1.54) is 25.1 Å².